The normalized spacial score (nSPS) is 14.2. The minimum atomic E-state index is -0.654. The number of pyridine rings is 1. The highest BCUT2D eigenvalue weighted by Gasteiger charge is 2.12. The second-order valence-corrected chi connectivity index (χ2v) is 4.39. The van der Waals surface area contributed by atoms with Crippen molar-refractivity contribution in [1.82, 2.24) is 10.3 Å². The first-order chi connectivity index (χ1) is 7.50. The van der Waals surface area contributed by atoms with Crippen LogP contribution >= 0.6 is 15.9 Å². The molecule has 0 saturated carbocycles. The zero-order chi connectivity index (χ0) is 12.1. The van der Waals surface area contributed by atoms with Crippen LogP contribution < -0.4 is 11.1 Å². The lowest BCUT2D eigenvalue weighted by molar-refractivity contribution is 0.0932. The first-order valence-corrected chi connectivity index (χ1v) is 5.63. The Morgan fingerprint density at radius 1 is 1.69 bits per heavy atom. The highest BCUT2D eigenvalue weighted by molar-refractivity contribution is 9.10. The predicted molar refractivity (Wildman–Crippen MR) is 63.9 cm³/mol. The van der Waals surface area contributed by atoms with Gasteiger partial charge in [-0.2, -0.15) is 0 Å². The Hall–Kier alpha value is -0.980. The molecule has 0 spiro atoms. The SMILES string of the molecule is CC(O)C(N)CNC(=O)c1ccc(Br)cn1. The molecule has 5 nitrogen and oxygen atoms in total. The van der Waals surface area contributed by atoms with Crippen LogP contribution in [0.2, 0.25) is 0 Å². The van der Waals surface area contributed by atoms with Crippen molar-refractivity contribution in [3.63, 3.8) is 0 Å². The van der Waals surface area contributed by atoms with E-state index in [2.05, 4.69) is 26.2 Å². The van der Waals surface area contributed by atoms with Crippen LogP contribution in [0.3, 0.4) is 0 Å². The van der Waals surface area contributed by atoms with Gasteiger partial charge in [0.15, 0.2) is 0 Å². The van der Waals surface area contributed by atoms with E-state index in [1.54, 1.807) is 25.3 Å². The average molecular weight is 288 g/mol. The Balaban J connectivity index is 2.50. The maximum atomic E-state index is 11.6. The highest BCUT2D eigenvalue weighted by Crippen LogP contribution is 2.07. The molecule has 1 heterocycles. The summed E-state index contributed by atoms with van der Waals surface area (Å²) in [6.45, 7) is 1.79. The average Bonchev–Trinajstić information content (AvgIpc) is 2.26. The van der Waals surface area contributed by atoms with Gasteiger partial charge >= 0.3 is 0 Å². The number of nitrogens with one attached hydrogen (secondary N) is 1. The van der Waals surface area contributed by atoms with E-state index in [1.807, 2.05) is 0 Å². The summed E-state index contributed by atoms with van der Waals surface area (Å²) in [7, 11) is 0. The molecule has 88 valence electrons. The molecule has 0 aliphatic heterocycles. The number of carbonyl (C=O) groups is 1. The fourth-order valence-corrected chi connectivity index (χ4v) is 1.22. The Kier molecular flexibility index (Phi) is 4.85. The van der Waals surface area contributed by atoms with E-state index in [9.17, 15) is 4.79 Å². The molecule has 16 heavy (non-hydrogen) atoms. The highest BCUT2D eigenvalue weighted by atomic mass is 79.9. The van der Waals surface area contributed by atoms with E-state index < -0.39 is 12.1 Å². The van der Waals surface area contributed by atoms with Crippen LogP contribution in [0.1, 0.15) is 17.4 Å². The lowest BCUT2D eigenvalue weighted by Crippen LogP contribution is -2.43. The standard InChI is InChI=1S/C10H14BrN3O2/c1-6(15)8(12)5-14-10(16)9-3-2-7(11)4-13-9/h2-4,6,8,15H,5,12H2,1H3,(H,14,16). The van der Waals surface area contributed by atoms with E-state index in [4.69, 9.17) is 10.8 Å². The van der Waals surface area contributed by atoms with Crippen LogP contribution in [0.15, 0.2) is 22.8 Å². The quantitative estimate of drug-likeness (QED) is 0.742. The van der Waals surface area contributed by atoms with Crippen LogP contribution in [0.4, 0.5) is 0 Å². The molecule has 2 atom stereocenters. The molecule has 1 aromatic heterocycles. The Morgan fingerprint density at radius 3 is 2.88 bits per heavy atom. The minimum absolute atomic E-state index is 0.217. The number of nitrogens with two attached hydrogens (primary N) is 1. The molecule has 6 heteroatoms. The number of nitrogens with zero attached hydrogens (tertiary/aromatic N) is 1. The molecule has 0 saturated heterocycles. The van der Waals surface area contributed by atoms with Crippen molar-refractivity contribution in [2.24, 2.45) is 5.73 Å². The molecule has 0 radical (unpaired) electrons. The van der Waals surface area contributed by atoms with Crippen molar-refractivity contribution in [2.75, 3.05) is 6.54 Å². The van der Waals surface area contributed by atoms with Crippen molar-refractivity contribution < 1.29 is 9.90 Å². The van der Waals surface area contributed by atoms with Gasteiger partial charge in [-0.1, -0.05) is 0 Å². The minimum Gasteiger partial charge on any atom is -0.392 e. The second-order valence-electron chi connectivity index (χ2n) is 3.48. The summed E-state index contributed by atoms with van der Waals surface area (Å²) < 4.78 is 0.810. The molecule has 2 unspecified atom stereocenters. The van der Waals surface area contributed by atoms with Crippen molar-refractivity contribution in [3.05, 3.63) is 28.5 Å². The van der Waals surface area contributed by atoms with Gasteiger partial charge in [0, 0.05) is 23.3 Å². The Morgan fingerprint density at radius 2 is 2.38 bits per heavy atom. The molecule has 4 N–H and O–H groups in total. The van der Waals surface area contributed by atoms with Crippen LogP contribution in [0.25, 0.3) is 0 Å². The van der Waals surface area contributed by atoms with Crippen LogP contribution in [-0.4, -0.2) is 34.7 Å². The first kappa shape index (κ1) is 13.1. The van der Waals surface area contributed by atoms with E-state index in [-0.39, 0.29) is 12.5 Å². The van der Waals surface area contributed by atoms with E-state index in [0.717, 1.165) is 4.47 Å². The number of aliphatic hydroxyl groups excluding tert-OH is 1. The number of aromatic nitrogens is 1. The summed E-state index contributed by atoms with van der Waals surface area (Å²) in [6.07, 6.45) is 0.891. The molecular weight excluding hydrogens is 274 g/mol. The third kappa shape index (κ3) is 3.88. The summed E-state index contributed by atoms with van der Waals surface area (Å²) in [5.74, 6) is -0.302. The van der Waals surface area contributed by atoms with Crippen molar-refractivity contribution in [2.45, 2.75) is 19.1 Å². The summed E-state index contributed by atoms with van der Waals surface area (Å²) >= 11 is 3.23. The predicted octanol–water partition coefficient (Wildman–Crippen LogP) is 0.282. The number of amides is 1. The number of rotatable bonds is 4. The lowest BCUT2D eigenvalue weighted by atomic mass is 10.2. The molecule has 0 aromatic carbocycles. The van der Waals surface area contributed by atoms with Crippen LogP contribution in [-0.2, 0) is 0 Å². The van der Waals surface area contributed by atoms with Gasteiger partial charge in [-0.3, -0.25) is 4.79 Å². The van der Waals surface area contributed by atoms with E-state index >= 15 is 0 Å². The molecule has 1 amide bonds. The van der Waals surface area contributed by atoms with Gasteiger partial charge in [0.05, 0.1) is 6.10 Å². The smallest absolute Gasteiger partial charge is 0.269 e. The molecule has 0 bridgehead atoms. The summed E-state index contributed by atoms with van der Waals surface area (Å²) in [6, 6.07) is 2.86. The molecule has 0 aliphatic rings. The van der Waals surface area contributed by atoms with Crippen LogP contribution in [0.5, 0.6) is 0 Å². The summed E-state index contributed by atoms with van der Waals surface area (Å²) in [5.41, 5.74) is 5.89. The van der Waals surface area contributed by atoms with Crippen LogP contribution in [0, 0.1) is 0 Å². The molecular formula is C10H14BrN3O2. The number of hydrogen-bond donors (Lipinski definition) is 3. The zero-order valence-electron chi connectivity index (χ0n) is 8.85. The lowest BCUT2D eigenvalue weighted by Gasteiger charge is -2.14. The first-order valence-electron chi connectivity index (χ1n) is 4.84. The third-order valence-corrected chi connectivity index (χ3v) is 2.55. The number of carbonyl (C=O) groups excluding carboxylic acids is 1. The second kappa shape index (κ2) is 5.93. The molecule has 0 fully saturated rings. The maximum absolute atomic E-state index is 11.6. The van der Waals surface area contributed by atoms with Gasteiger partial charge in [0.25, 0.3) is 5.91 Å². The van der Waals surface area contributed by atoms with Gasteiger partial charge in [0.2, 0.25) is 0 Å². The third-order valence-electron chi connectivity index (χ3n) is 2.08. The zero-order valence-corrected chi connectivity index (χ0v) is 10.4. The Labute approximate surface area is 102 Å². The number of halogens is 1. The van der Waals surface area contributed by atoms with Crippen molar-refractivity contribution >= 4 is 21.8 Å². The van der Waals surface area contributed by atoms with Gasteiger partial charge in [-0.25, -0.2) is 4.98 Å². The van der Waals surface area contributed by atoms with E-state index in [0.29, 0.717) is 5.69 Å². The fraction of sp³-hybridized carbons (Fsp3) is 0.400. The number of aliphatic hydroxyl groups is 1. The van der Waals surface area contributed by atoms with Gasteiger partial charge in [-0.15, -0.1) is 0 Å². The van der Waals surface area contributed by atoms with Crippen molar-refractivity contribution in [1.29, 1.82) is 0 Å². The topological polar surface area (TPSA) is 88.2 Å². The Bertz CT molecular complexity index is 354. The van der Waals surface area contributed by atoms with Gasteiger partial charge < -0.3 is 16.2 Å². The summed E-state index contributed by atoms with van der Waals surface area (Å²) in [5, 5.41) is 11.7. The van der Waals surface area contributed by atoms with Gasteiger partial charge in [-0.05, 0) is 35.0 Å². The molecule has 1 rings (SSSR count). The number of hydrogen-bond acceptors (Lipinski definition) is 4. The van der Waals surface area contributed by atoms with Crippen molar-refractivity contribution in [3.8, 4) is 0 Å². The summed E-state index contributed by atoms with van der Waals surface area (Å²) in [4.78, 5) is 15.5. The monoisotopic (exact) mass is 287 g/mol. The fourth-order valence-electron chi connectivity index (χ4n) is 0.982. The molecule has 1 aromatic rings. The molecule has 0 aliphatic carbocycles. The van der Waals surface area contributed by atoms with Gasteiger partial charge in [0.1, 0.15) is 5.69 Å². The largest absolute Gasteiger partial charge is 0.392 e. The van der Waals surface area contributed by atoms with E-state index in [1.165, 1.54) is 0 Å². The maximum Gasteiger partial charge on any atom is 0.269 e.